The molecule has 0 unspecified atom stereocenters. The minimum atomic E-state index is 0.00600. The zero-order valence-electron chi connectivity index (χ0n) is 10.2. The van der Waals surface area contributed by atoms with Crippen LogP contribution in [0.25, 0.3) is 12.2 Å². The number of benzene rings is 2. The van der Waals surface area contributed by atoms with Crippen LogP contribution in [0, 0.1) is 0 Å². The fourth-order valence-electron chi connectivity index (χ4n) is 1.69. The SMILES string of the molecule is C(=C1[Te][Te]/C(=C\c2ccccc2)[Te]1)c1ccccc1. The van der Waals surface area contributed by atoms with E-state index in [4.69, 9.17) is 0 Å². The van der Waals surface area contributed by atoms with E-state index in [0.29, 0.717) is 0 Å². The Morgan fingerprint density at radius 3 is 1.42 bits per heavy atom. The molecule has 19 heavy (non-hydrogen) atoms. The van der Waals surface area contributed by atoms with Crippen molar-refractivity contribution in [2.75, 3.05) is 0 Å². The van der Waals surface area contributed by atoms with Crippen LogP contribution in [0.1, 0.15) is 11.1 Å². The Balaban J connectivity index is 1.74. The summed E-state index contributed by atoms with van der Waals surface area (Å²) < 4.78 is 3.73. The third-order valence-corrected chi connectivity index (χ3v) is 34.8. The summed E-state index contributed by atoms with van der Waals surface area (Å²) in [7, 11) is 0. The summed E-state index contributed by atoms with van der Waals surface area (Å²) in [6.45, 7) is 0. The van der Waals surface area contributed by atoms with Crippen molar-refractivity contribution in [3.05, 3.63) is 75.1 Å². The van der Waals surface area contributed by atoms with Gasteiger partial charge in [-0.1, -0.05) is 0 Å². The van der Waals surface area contributed by atoms with Crippen LogP contribution in [-0.2, 0) is 0 Å². The average Bonchev–Trinajstić information content (AvgIpc) is 2.88. The van der Waals surface area contributed by atoms with Gasteiger partial charge >= 0.3 is 142 Å². The van der Waals surface area contributed by atoms with Crippen LogP contribution in [0.3, 0.4) is 0 Å². The first-order chi connectivity index (χ1) is 9.40. The summed E-state index contributed by atoms with van der Waals surface area (Å²) in [5, 5.41) is 0. The molecule has 0 nitrogen and oxygen atoms in total. The fourth-order valence-corrected chi connectivity index (χ4v) is 35.7. The fraction of sp³-hybridized carbons (Fsp3) is 0. The van der Waals surface area contributed by atoms with Gasteiger partial charge in [0, 0.05) is 0 Å². The van der Waals surface area contributed by atoms with Gasteiger partial charge in [-0.2, -0.15) is 0 Å². The van der Waals surface area contributed by atoms with Gasteiger partial charge in [0.2, 0.25) is 0 Å². The van der Waals surface area contributed by atoms with Crippen LogP contribution < -0.4 is 0 Å². The molecule has 0 bridgehead atoms. The second-order valence-electron chi connectivity index (χ2n) is 4.02. The van der Waals surface area contributed by atoms with Crippen LogP contribution in [-0.4, -0.2) is 55.0 Å². The second kappa shape index (κ2) is 7.34. The quantitative estimate of drug-likeness (QED) is 0.475. The van der Waals surface area contributed by atoms with Gasteiger partial charge in [-0.15, -0.1) is 0 Å². The average molecular weight is 587 g/mol. The van der Waals surface area contributed by atoms with Crippen LogP contribution in [0.2, 0.25) is 0 Å². The maximum absolute atomic E-state index is 2.49. The molecule has 1 saturated heterocycles. The van der Waals surface area contributed by atoms with Gasteiger partial charge in [0.05, 0.1) is 0 Å². The molecule has 1 heterocycles. The zero-order chi connectivity index (χ0) is 12.9. The van der Waals surface area contributed by atoms with Gasteiger partial charge in [-0.05, 0) is 0 Å². The zero-order valence-corrected chi connectivity index (χ0v) is 17.1. The molecule has 0 spiro atoms. The molecule has 3 heteroatoms. The first-order valence-corrected chi connectivity index (χ1v) is 18.0. The predicted octanol–water partition coefficient (Wildman–Crippen LogP) is 3.02. The van der Waals surface area contributed by atoms with Gasteiger partial charge < -0.3 is 0 Å². The molecule has 0 aromatic heterocycles. The monoisotopic (exact) mass is 594 g/mol. The Morgan fingerprint density at radius 2 is 1.00 bits per heavy atom. The number of hydrogen-bond acceptors (Lipinski definition) is 0. The molecule has 1 fully saturated rings. The molecule has 0 radical (unpaired) electrons. The van der Waals surface area contributed by atoms with E-state index in [2.05, 4.69) is 72.8 Å². The predicted molar refractivity (Wildman–Crippen MR) is 86.1 cm³/mol. The van der Waals surface area contributed by atoms with Crippen molar-refractivity contribution in [3.63, 3.8) is 0 Å². The van der Waals surface area contributed by atoms with Gasteiger partial charge in [-0.25, -0.2) is 0 Å². The first-order valence-electron chi connectivity index (χ1n) is 5.96. The Labute approximate surface area is 140 Å². The molecule has 0 N–H and O–H groups in total. The molecule has 0 atom stereocenters. The minimum absolute atomic E-state index is 0.00600. The Morgan fingerprint density at radius 1 is 0.579 bits per heavy atom. The van der Waals surface area contributed by atoms with E-state index in [-0.39, 0.29) is 55.0 Å². The summed E-state index contributed by atoms with van der Waals surface area (Å²) in [5.41, 5.74) is 2.81. The standard InChI is InChI=1S/C16H12Te3/c1-3-7-13(8-4-1)11-15-17-16(19-18-15)12-14-9-5-2-6-10-14/h1-12H/b15-11-,16-12?. The topological polar surface area (TPSA) is 0 Å². The molecular formula is C16H12Te3. The van der Waals surface area contributed by atoms with Gasteiger partial charge in [-0.3, -0.25) is 0 Å². The molecule has 94 valence electrons. The summed E-state index contributed by atoms with van der Waals surface area (Å²) >= 11 is 0.429. The molecule has 3 rings (SSSR count). The van der Waals surface area contributed by atoms with Crippen molar-refractivity contribution in [1.29, 1.82) is 0 Å². The van der Waals surface area contributed by atoms with E-state index in [1.807, 2.05) is 3.34 Å². The van der Waals surface area contributed by atoms with Crippen LogP contribution in [0.4, 0.5) is 0 Å². The van der Waals surface area contributed by atoms with Crippen molar-refractivity contribution >= 4 is 67.2 Å². The second-order valence-corrected chi connectivity index (χ2v) is 22.0. The molecule has 0 saturated carbocycles. The van der Waals surface area contributed by atoms with Crippen LogP contribution >= 0.6 is 0 Å². The summed E-state index contributed by atoms with van der Waals surface area (Å²) in [5.74, 6) is 0. The van der Waals surface area contributed by atoms with Gasteiger partial charge in [0.15, 0.2) is 0 Å². The molecule has 1 aliphatic heterocycles. The van der Waals surface area contributed by atoms with E-state index < -0.39 is 0 Å². The third-order valence-electron chi connectivity index (χ3n) is 2.58. The van der Waals surface area contributed by atoms with Crippen molar-refractivity contribution in [3.8, 4) is 0 Å². The Bertz CT molecular complexity index is 545. The molecule has 0 aliphatic carbocycles. The van der Waals surface area contributed by atoms with Crippen LogP contribution in [0.15, 0.2) is 64.0 Å². The van der Waals surface area contributed by atoms with Gasteiger partial charge in [0.25, 0.3) is 0 Å². The van der Waals surface area contributed by atoms with Crippen molar-refractivity contribution in [2.45, 2.75) is 0 Å². The number of rotatable bonds is 2. The van der Waals surface area contributed by atoms with Crippen LogP contribution in [0.5, 0.6) is 0 Å². The molecule has 2 aromatic rings. The van der Waals surface area contributed by atoms with E-state index >= 15 is 0 Å². The number of hydrogen-bond donors (Lipinski definition) is 0. The van der Waals surface area contributed by atoms with Crippen molar-refractivity contribution < 1.29 is 0 Å². The van der Waals surface area contributed by atoms with E-state index in [0.717, 1.165) is 0 Å². The molecule has 0 amide bonds. The van der Waals surface area contributed by atoms with Gasteiger partial charge in [0.1, 0.15) is 0 Å². The van der Waals surface area contributed by atoms with E-state index in [9.17, 15) is 0 Å². The van der Waals surface area contributed by atoms with E-state index in [1.165, 1.54) is 11.1 Å². The Kier molecular flexibility index (Phi) is 5.50. The van der Waals surface area contributed by atoms with E-state index in [1.54, 1.807) is 0 Å². The molecular weight excluding hydrogens is 575 g/mol. The third kappa shape index (κ3) is 4.38. The molecule has 2 aromatic carbocycles. The molecule has 1 aliphatic rings. The summed E-state index contributed by atoms with van der Waals surface area (Å²) in [4.78, 5) is 0. The van der Waals surface area contributed by atoms with Crippen molar-refractivity contribution in [1.82, 2.24) is 0 Å². The summed E-state index contributed by atoms with van der Waals surface area (Å²) in [6, 6.07) is 21.7. The summed E-state index contributed by atoms with van der Waals surface area (Å²) in [6.07, 6.45) is 4.97. The first kappa shape index (κ1) is 14.2. The van der Waals surface area contributed by atoms with Crippen molar-refractivity contribution in [2.24, 2.45) is 0 Å². The normalized spacial score (nSPS) is 19.2. The maximum atomic E-state index is 2.49. The Hall–Kier alpha value is 0.289.